The standard InChI is InChI=1S/C19H21NO2/c21-19(18-12-7-13-22-18)20(14-16-8-3-1-4-9-16)15-17-10-5-2-6-11-17/h1-6,8-11,18H,7,12-15H2/t18-/m0/s1. The molecule has 1 aliphatic rings. The summed E-state index contributed by atoms with van der Waals surface area (Å²) >= 11 is 0. The molecule has 0 saturated carbocycles. The number of rotatable bonds is 5. The van der Waals surface area contributed by atoms with E-state index in [0.29, 0.717) is 19.7 Å². The van der Waals surface area contributed by atoms with Gasteiger partial charge in [-0.3, -0.25) is 4.79 Å². The van der Waals surface area contributed by atoms with E-state index < -0.39 is 0 Å². The molecule has 0 aliphatic carbocycles. The third kappa shape index (κ3) is 3.74. The third-order valence-corrected chi connectivity index (χ3v) is 3.95. The number of carbonyl (C=O) groups excluding carboxylic acids is 1. The first kappa shape index (κ1) is 14.8. The Morgan fingerprint density at radius 2 is 1.50 bits per heavy atom. The Hall–Kier alpha value is -2.13. The predicted octanol–water partition coefficient (Wildman–Crippen LogP) is 3.39. The fourth-order valence-electron chi connectivity index (χ4n) is 2.80. The van der Waals surface area contributed by atoms with Crippen molar-refractivity contribution in [3.63, 3.8) is 0 Å². The summed E-state index contributed by atoms with van der Waals surface area (Å²) in [6.45, 7) is 1.93. The summed E-state index contributed by atoms with van der Waals surface area (Å²) in [7, 11) is 0. The van der Waals surface area contributed by atoms with Crippen LogP contribution in [-0.2, 0) is 22.6 Å². The molecule has 0 N–H and O–H groups in total. The van der Waals surface area contributed by atoms with E-state index in [1.165, 1.54) is 0 Å². The minimum absolute atomic E-state index is 0.102. The van der Waals surface area contributed by atoms with Crippen molar-refractivity contribution in [3.05, 3.63) is 71.8 Å². The minimum atomic E-state index is -0.271. The van der Waals surface area contributed by atoms with Gasteiger partial charge in [-0.2, -0.15) is 0 Å². The first-order chi connectivity index (χ1) is 10.8. The molecule has 22 heavy (non-hydrogen) atoms. The minimum Gasteiger partial charge on any atom is -0.368 e. The number of hydrogen-bond donors (Lipinski definition) is 0. The van der Waals surface area contributed by atoms with Crippen molar-refractivity contribution in [1.82, 2.24) is 4.90 Å². The second-order valence-corrected chi connectivity index (χ2v) is 5.67. The highest BCUT2D eigenvalue weighted by atomic mass is 16.5. The molecule has 0 spiro atoms. The van der Waals surface area contributed by atoms with Crippen LogP contribution in [-0.4, -0.2) is 23.5 Å². The van der Waals surface area contributed by atoms with Crippen LogP contribution in [0.5, 0.6) is 0 Å². The highest BCUT2D eigenvalue weighted by molar-refractivity contribution is 5.81. The Morgan fingerprint density at radius 1 is 0.955 bits per heavy atom. The van der Waals surface area contributed by atoms with Gasteiger partial charge in [0.05, 0.1) is 0 Å². The summed E-state index contributed by atoms with van der Waals surface area (Å²) in [5.74, 6) is 0.102. The van der Waals surface area contributed by atoms with Crippen molar-refractivity contribution in [3.8, 4) is 0 Å². The zero-order valence-electron chi connectivity index (χ0n) is 12.7. The maximum atomic E-state index is 12.8. The molecule has 0 radical (unpaired) electrons. The molecule has 1 amide bonds. The molecule has 1 atom stereocenters. The summed E-state index contributed by atoms with van der Waals surface area (Å²) in [4.78, 5) is 14.7. The van der Waals surface area contributed by atoms with Crippen LogP contribution in [0.25, 0.3) is 0 Å². The highest BCUT2D eigenvalue weighted by Gasteiger charge is 2.28. The van der Waals surface area contributed by atoms with Crippen molar-refractivity contribution >= 4 is 5.91 Å². The van der Waals surface area contributed by atoms with Crippen molar-refractivity contribution in [2.24, 2.45) is 0 Å². The highest BCUT2D eigenvalue weighted by Crippen LogP contribution is 2.18. The lowest BCUT2D eigenvalue weighted by atomic mass is 10.1. The van der Waals surface area contributed by atoms with Gasteiger partial charge >= 0.3 is 0 Å². The lowest BCUT2D eigenvalue weighted by molar-refractivity contribution is -0.142. The normalized spacial score (nSPS) is 17.4. The van der Waals surface area contributed by atoms with Gasteiger partial charge in [0, 0.05) is 19.7 Å². The number of nitrogens with zero attached hydrogens (tertiary/aromatic N) is 1. The van der Waals surface area contributed by atoms with Gasteiger partial charge < -0.3 is 9.64 Å². The third-order valence-electron chi connectivity index (χ3n) is 3.95. The number of amides is 1. The summed E-state index contributed by atoms with van der Waals surface area (Å²) in [6.07, 6.45) is 1.53. The number of benzene rings is 2. The fraction of sp³-hybridized carbons (Fsp3) is 0.316. The van der Waals surface area contributed by atoms with Gasteiger partial charge in [-0.25, -0.2) is 0 Å². The fourth-order valence-corrected chi connectivity index (χ4v) is 2.80. The Bertz CT molecular complexity index is 550. The Kier molecular flexibility index (Phi) is 4.86. The first-order valence-corrected chi connectivity index (χ1v) is 7.81. The van der Waals surface area contributed by atoms with Crippen LogP contribution in [0.1, 0.15) is 24.0 Å². The molecule has 0 aromatic heterocycles. The van der Waals surface area contributed by atoms with E-state index in [2.05, 4.69) is 24.3 Å². The van der Waals surface area contributed by atoms with Gasteiger partial charge in [0.25, 0.3) is 5.91 Å². The summed E-state index contributed by atoms with van der Waals surface area (Å²) in [6, 6.07) is 20.2. The van der Waals surface area contributed by atoms with Crippen LogP contribution < -0.4 is 0 Å². The average Bonchev–Trinajstić information content (AvgIpc) is 3.10. The molecule has 3 rings (SSSR count). The topological polar surface area (TPSA) is 29.5 Å². The molecule has 1 aliphatic heterocycles. The van der Waals surface area contributed by atoms with Crippen molar-refractivity contribution < 1.29 is 9.53 Å². The molecule has 0 unspecified atom stereocenters. The van der Waals surface area contributed by atoms with Gasteiger partial charge in [-0.05, 0) is 24.0 Å². The molecule has 1 saturated heterocycles. The summed E-state index contributed by atoms with van der Waals surface area (Å²) in [5.41, 5.74) is 2.29. The predicted molar refractivity (Wildman–Crippen MR) is 86.1 cm³/mol. The monoisotopic (exact) mass is 295 g/mol. The van der Waals surface area contributed by atoms with Gasteiger partial charge in [0.2, 0.25) is 0 Å². The Morgan fingerprint density at radius 3 is 1.95 bits per heavy atom. The van der Waals surface area contributed by atoms with E-state index in [1.807, 2.05) is 41.3 Å². The molecule has 2 aromatic rings. The number of carbonyl (C=O) groups is 1. The first-order valence-electron chi connectivity index (χ1n) is 7.81. The van der Waals surface area contributed by atoms with Crippen LogP contribution in [0.3, 0.4) is 0 Å². The zero-order valence-corrected chi connectivity index (χ0v) is 12.7. The molecule has 114 valence electrons. The molecule has 1 fully saturated rings. The average molecular weight is 295 g/mol. The maximum absolute atomic E-state index is 12.8. The quantitative estimate of drug-likeness (QED) is 0.846. The van der Waals surface area contributed by atoms with Crippen LogP contribution >= 0.6 is 0 Å². The molecular formula is C19H21NO2. The van der Waals surface area contributed by atoms with E-state index in [1.54, 1.807) is 0 Å². The van der Waals surface area contributed by atoms with Crippen molar-refractivity contribution in [2.75, 3.05) is 6.61 Å². The SMILES string of the molecule is O=C([C@@H]1CCCO1)N(Cc1ccccc1)Cc1ccccc1. The Balaban J connectivity index is 1.76. The Labute approximate surface area is 131 Å². The van der Waals surface area contributed by atoms with E-state index >= 15 is 0 Å². The van der Waals surface area contributed by atoms with Gasteiger partial charge in [-0.1, -0.05) is 60.7 Å². The molecular weight excluding hydrogens is 274 g/mol. The van der Waals surface area contributed by atoms with Gasteiger partial charge in [0.1, 0.15) is 6.10 Å². The lowest BCUT2D eigenvalue weighted by Crippen LogP contribution is -2.38. The van der Waals surface area contributed by atoms with E-state index in [4.69, 9.17) is 4.74 Å². The second kappa shape index (κ2) is 7.23. The summed E-state index contributed by atoms with van der Waals surface area (Å²) < 4.78 is 5.58. The van der Waals surface area contributed by atoms with Crippen molar-refractivity contribution in [2.45, 2.75) is 32.0 Å². The van der Waals surface area contributed by atoms with E-state index in [-0.39, 0.29) is 12.0 Å². The van der Waals surface area contributed by atoms with E-state index in [9.17, 15) is 4.79 Å². The molecule has 3 heteroatoms. The smallest absolute Gasteiger partial charge is 0.252 e. The summed E-state index contributed by atoms with van der Waals surface area (Å²) in [5, 5.41) is 0. The number of hydrogen-bond acceptors (Lipinski definition) is 2. The second-order valence-electron chi connectivity index (χ2n) is 5.67. The maximum Gasteiger partial charge on any atom is 0.252 e. The van der Waals surface area contributed by atoms with Gasteiger partial charge in [0.15, 0.2) is 0 Å². The largest absolute Gasteiger partial charge is 0.368 e. The molecule has 1 heterocycles. The lowest BCUT2D eigenvalue weighted by Gasteiger charge is -2.25. The molecule has 0 bridgehead atoms. The molecule has 3 nitrogen and oxygen atoms in total. The van der Waals surface area contributed by atoms with Gasteiger partial charge in [-0.15, -0.1) is 0 Å². The van der Waals surface area contributed by atoms with E-state index in [0.717, 1.165) is 24.0 Å². The van der Waals surface area contributed by atoms with Crippen LogP contribution in [0.4, 0.5) is 0 Å². The van der Waals surface area contributed by atoms with Crippen LogP contribution in [0, 0.1) is 0 Å². The van der Waals surface area contributed by atoms with Crippen LogP contribution in [0.15, 0.2) is 60.7 Å². The number of ether oxygens (including phenoxy) is 1. The van der Waals surface area contributed by atoms with Crippen molar-refractivity contribution in [1.29, 1.82) is 0 Å². The zero-order chi connectivity index (χ0) is 15.2. The molecule has 2 aromatic carbocycles. The van der Waals surface area contributed by atoms with Crippen LogP contribution in [0.2, 0.25) is 0 Å².